The molecule has 2 aromatic carbocycles. The maximum absolute atomic E-state index is 12.5. The van der Waals surface area contributed by atoms with Crippen molar-refractivity contribution in [2.45, 2.75) is 0 Å². The lowest BCUT2D eigenvalue weighted by Crippen LogP contribution is -2.24. The minimum absolute atomic E-state index is 0.0207. The SMILES string of the molecule is Cn1nc(C(=O)OCC(=O)c2ccc3c(c2)OCCO3)c2ccccc2c1=O. The number of aryl methyl sites for hydroxylation is 1. The number of Topliss-reactive ketones (excluding diaryl/α,β-unsaturated/α-hetero) is 1. The largest absolute Gasteiger partial charge is 0.486 e. The summed E-state index contributed by atoms with van der Waals surface area (Å²) in [6.07, 6.45) is 0. The van der Waals surface area contributed by atoms with Gasteiger partial charge in [0.25, 0.3) is 5.56 Å². The minimum atomic E-state index is -0.780. The smallest absolute Gasteiger partial charge is 0.359 e. The summed E-state index contributed by atoms with van der Waals surface area (Å²) >= 11 is 0. The first-order chi connectivity index (χ1) is 13.5. The van der Waals surface area contributed by atoms with Crippen LogP contribution < -0.4 is 15.0 Å². The summed E-state index contributed by atoms with van der Waals surface area (Å²) in [5.74, 6) is -0.119. The van der Waals surface area contributed by atoms with Crippen molar-refractivity contribution in [1.82, 2.24) is 9.78 Å². The average Bonchev–Trinajstić information content (AvgIpc) is 2.74. The van der Waals surface area contributed by atoms with E-state index in [-0.39, 0.29) is 17.0 Å². The lowest BCUT2D eigenvalue weighted by Gasteiger charge is -2.18. The Kier molecular flexibility index (Phi) is 4.52. The third kappa shape index (κ3) is 3.20. The number of fused-ring (bicyclic) bond motifs is 2. The number of carbonyl (C=O) groups excluding carboxylic acids is 2. The molecule has 1 aromatic heterocycles. The van der Waals surface area contributed by atoms with Crippen LogP contribution in [0.3, 0.4) is 0 Å². The Morgan fingerprint density at radius 1 is 1.07 bits per heavy atom. The Balaban J connectivity index is 1.54. The fourth-order valence-electron chi connectivity index (χ4n) is 2.95. The van der Waals surface area contributed by atoms with Gasteiger partial charge < -0.3 is 14.2 Å². The van der Waals surface area contributed by atoms with Crippen LogP contribution in [0.25, 0.3) is 10.8 Å². The average molecular weight is 380 g/mol. The zero-order chi connectivity index (χ0) is 19.7. The van der Waals surface area contributed by atoms with Gasteiger partial charge >= 0.3 is 5.97 Å². The summed E-state index contributed by atoms with van der Waals surface area (Å²) in [6, 6.07) is 11.4. The van der Waals surface area contributed by atoms with Gasteiger partial charge in [0, 0.05) is 18.0 Å². The van der Waals surface area contributed by atoms with E-state index in [0.29, 0.717) is 41.0 Å². The van der Waals surface area contributed by atoms with Gasteiger partial charge in [-0.2, -0.15) is 5.10 Å². The molecule has 0 N–H and O–H groups in total. The van der Waals surface area contributed by atoms with Crippen molar-refractivity contribution < 1.29 is 23.8 Å². The van der Waals surface area contributed by atoms with Crippen molar-refractivity contribution in [3.63, 3.8) is 0 Å². The van der Waals surface area contributed by atoms with Crippen LogP contribution in [0.4, 0.5) is 0 Å². The summed E-state index contributed by atoms with van der Waals surface area (Å²) in [6.45, 7) is 0.404. The van der Waals surface area contributed by atoms with E-state index in [1.165, 1.54) is 7.05 Å². The topological polar surface area (TPSA) is 96.7 Å². The molecule has 8 nitrogen and oxygen atoms in total. The highest BCUT2D eigenvalue weighted by atomic mass is 16.6. The van der Waals surface area contributed by atoms with Crippen molar-refractivity contribution in [3.05, 3.63) is 64.1 Å². The summed E-state index contributed by atoms with van der Waals surface area (Å²) in [5.41, 5.74) is 0.00232. The summed E-state index contributed by atoms with van der Waals surface area (Å²) in [7, 11) is 1.45. The fraction of sp³-hybridized carbons (Fsp3) is 0.200. The molecule has 0 aliphatic carbocycles. The predicted molar refractivity (Wildman–Crippen MR) is 99.0 cm³/mol. The van der Waals surface area contributed by atoms with Crippen LogP contribution in [-0.4, -0.2) is 41.4 Å². The van der Waals surface area contributed by atoms with Crippen LogP contribution in [0.15, 0.2) is 47.3 Å². The number of nitrogens with zero attached hydrogens (tertiary/aromatic N) is 2. The third-order valence-corrected chi connectivity index (χ3v) is 4.35. The molecule has 4 rings (SSSR count). The molecule has 0 amide bonds. The molecule has 1 aliphatic heterocycles. The van der Waals surface area contributed by atoms with Crippen molar-refractivity contribution in [3.8, 4) is 11.5 Å². The standard InChI is InChI=1S/C20H16N2O6/c1-22-19(24)14-5-3-2-4-13(14)18(21-22)20(25)28-11-15(23)12-6-7-16-17(10-12)27-9-8-26-16/h2-7,10H,8-9,11H2,1H3. The van der Waals surface area contributed by atoms with Crippen LogP contribution in [-0.2, 0) is 11.8 Å². The van der Waals surface area contributed by atoms with Gasteiger partial charge in [0.05, 0.1) is 5.39 Å². The number of hydrogen-bond donors (Lipinski definition) is 0. The number of rotatable bonds is 4. The van der Waals surface area contributed by atoms with Gasteiger partial charge in [0.2, 0.25) is 0 Å². The second-order valence-corrected chi connectivity index (χ2v) is 6.18. The Bertz CT molecular complexity index is 1150. The molecule has 0 unspecified atom stereocenters. The number of benzene rings is 2. The minimum Gasteiger partial charge on any atom is -0.486 e. The number of aromatic nitrogens is 2. The lowest BCUT2D eigenvalue weighted by molar-refractivity contribution is 0.0468. The number of carbonyl (C=O) groups is 2. The molecule has 0 saturated heterocycles. The first kappa shape index (κ1) is 17.7. The van der Waals surface area contributed by atoms with Crippen molar-refractivity contribution in [2.24, 2.45) is 7.05 Å². The zero-order valence-corrected chi connectivity index (χ0v) is 15.0. The summed E-state index contributed by atoms with van der Waals surface area (Å²) in [5, 5.41) is 4.72. The van der Waals surface area contributed by atoms with Gasteiger partial charge in [-0.05, 0) is 24.3 Å². The Hall–Kier alpha value is -3.68. The monoisotopic (exact) mass is 380 g/mol. The van der Waals surface area contributed by atoms with E-state index in [2.05, 4.69) is 5.10 Å². The van der Waals surface area contributed by atoms with Crippen LogP contribution >= 0.6 is 0 Å². The fourth-order valence-corrected chi connectivity index (χ4v) is 2.95. The van der Waals surface area contributed by atoms with Gasteiger partial charge in [-0.25, -0.2) is 9.48 Å². The highest BCUT2D eigenvalue weighted by Crippen LogP contribution is 2.30. The molecular formula is C20H16N2O6. The first-order valence-corrected chi connectivity index (χ1v) is 8.60. The molecule has 0 radical (unpaired) electrons. The molecular weight excluding hydrogens is 364 g/mol. The molecule has 0 fully saturated rings. The number of esters is 1. The molecule has 3 aromatic rings. The summed E-state index contributed by atoms with van der Waals surface area (Å²) in [4.78, 5) is 37.0. The van der Waals surface area contributed by atoms with Crippen molar-refractivity contribution in [2.75, 3.05) is 19.8 Å². The molecule has 142 valence electrons. The molecule has 0 spiro atoms. The van der Waals surface area contributed by atoms with Crippen LogP contribution in [0.1, 0.15) is 20.8 Å². The Morgan fingerprint density at radius 3 is 2.57 bits per heavy atom. The molecule has 1 aliphatic rings. The van der Waals surface area contributed by atoms with Gasteiger partial charge in [-0.1, -0.05) is 18.2 Å². The molecule has 0 bridgehead atoms. The number of ether oxygens (including phenoxy) is 3. The van der Waals surface area contributed by atoms with E-state index in [1.807, 2.05) is 0 Å². The number of ketones is 1. The van der Waals surface area contributed by atoms with Gasteiger partial charge in [0.15, 0.2) is 29.6 Å². The molecule has 8 heteroatoms. The number of hydrogen-bond acceptors (Lipinski definition) is 7. The molecule has 0 saturated carbocycles. The van der Waals surface area contributed by atoms with E-state index >= 15 is 0 Å². The van der Waals surface area contributed by atoms with Crippen LogP contribution in [0, 0.1) is 0 Å². The highest BCUT2D eigenvalue weighted by Gasteiger charge is 2.20. The third-order valence-electron chi connectivity index (χ3n) is 4.35. The second-order valence-electron chi connectivity index (χ2n) is 6.18. The first-order valence-electron chi connectivity index (χ1n) is 8.60. The van der Waals surface area contributed by atoms with E-state index in [4.69, 9.17) is 14.2 Å². The van der Waals surface area contributed by atoms with Crippen LogP contribution in [0.5, 0.6) is 11.5 Å². The van der Waals surface area contributed by atoms with Gasteiger partial charge in [-0.15, -0.1) is 0 Å². The predicted octanol–water partition coefficient (Wildman–Crippen LogP) is 1.74. The lowest BCUT2D eigenvalue weighted by atomic mass is 10.1. The van der Waals surface area contributed by atoms with Gasteiger partial charge in [-0.3, -0.25) is 9.59 Å². The van der Waals surface area contributed by atoms with E-state index in [1.54, 1.807) is 42.5 Å². The summed E-state index contributed by atoms with van der Waals surface area (Å²) < 4.78 is 17.1. The highest BCUT2D eigenvalue weighted by molar-refractivity contribution is 6.04. The quantitative estimate of drug-likeness (QED) is 0.502. The molecule has 28 heavy (non-hydrogen) atoms. The maximum atomic E-state index is 12.5. The normalized spacial score (nSPS) is 12.6. The second kappa shape index (κ2) is 7.15. The van der Waals surface area contributed by atoms with E-state index < -0.39 is 12.6 Å². The van der Waals surface area contributed by atoms with E-state index in [0.717, 1.165) is 4.68 Å². The van der Waals surface area contributed by atoms with E-state index in [9.17, 15) is 14.4 Å². The zero-order valence-electron chi connectivity index (χ0n) is 15.0. The van der Waals surface area contributed by atoms with Gasteiger partial charge in [0.1, 0.15) is 13.2 Å². The molecule has 2 heterocycles. The maximum Gasteiger partial charge on any atom is 0.359 e. The Morgan fingerprint density at radius 2 is 1.79 bits per heavy atom. The van der Waals surface area contributed by atoms with Crippen molar-refractivity contribution >= 4 is 22.5 Å². The molecule has 0 atom stereocenters. The van der Waals surface area contributed by atoms with Crippen molar-refractivity contribution in [1.29, 1.82) is 0 Å². The van der Waals surface area contributed by atoms with Crippen LogP contribution in [0.2, 0.25) is 0 Å². The Labute approximate surface area is 159 Å².